The van der Waals surface area contributed by atoms with E-state index in [-0.39, 0.29) is 5.69 Å². The number of nitrogens with one attached hydrogen (secondary N) is 1. The number of nitrogens with zero attached hydrogens (tertiary/aromatic N) is 1. The van der Waals surface area contributed by atoms with Crippen molar-refractivity contribution in [1.29, 1.82) is 0 Å². The standard InChI is InChI=1S/C20H13ClN2O2/c21-14-10-8-13(9-11-14)17-18(20(24)25)23-19(22-17)16-7-3-5-12-4-1-2-6-15(12)16/h1-11H,(H,22,23)(H,24,25). The average molecular weight is 349 g/mol. The van der Waals surface area contributed by atoms with Crippen LogP contribution in [0.15, 0.2) is 66.7 Å². The number of fused-ring (bicyclic) bond motifs is 1. The first kappa shape index (κ1) is 15.4. The molecule has 0 saturated carbocycles. The largest absolute Gasteiger partial charge is 0.477 e. The molecule has 4 aromatic rings. The molecule has 0 saturated heterocycles. The maximum atomic E-state index is 11.7. The lowest BCUT2D eigenvalue weighted by Crippen LogP contribution is -1.99. The van der Waals surface area contributed by atoms with E-state index >= 15 is 0 Å². The van der Waals surface area contributed by atoms with Crippen LogP contribution < -0.4 is 0 Å². The third-order valence-corrected chi connectivity index (χ3v) is 4.33. The van der Waals surface area contributed by atoms with Crippen molar-refractivity contribution in [1.82, 2.24) is 9.97 Å². The third-order valence-electron chi connectivity index (χ3n) is 4.08. The predicted octanol–water partition coefficient (Wildman–Crippen LogP) is 5.25. The number of benzene rings is 3. The SMILES string of the molecule is O=C(O)c1[nH]c(-c2cccc3ccccc23)nc1-c1ccc(Cl)cc1. The van der Waals surface area contributed by atoms with E-state index in [1.54, 1.807) is 24.3 Å². The summed E-state index contributed by atoms with van der Waals surface area (Å²) < 4.78 is 0. The van der Waals surface area contributed by atoms with E-state index in [9.17, 15) is 9.90 Å². The lowest BCUT2D eigenvalue weighted by Gasteiger charge is -2.03. The minimum atomic E-state index is -1.05. The van der Waals surface area contributed by atoms with Gasteiger partial charge in [0, 0.05) is 16.1 Å². The molecule has 4 rings (SSSR count). The molecule has 122 valence electrons. The molecule has 1 aromatic heterocycles. The van der Waals surface area contributed by atoms with Crippen LogP contribution in [0.2, 0.25) is 5.02 Å². The van der Waals surface area contributed by atoms with Crippen molar-refractivity contribution >= 4 is 28.3 Å². The highest BCUT2D eigenvalue weighted by atomic mass is 35.5. The van der Waals surface area contributed by atoms with Crippen LogP contribution in [0.5, 0.6) is 0 Å². The van der Waals surface area contributed by atoms with Gasteiger partial charge in [0.15, 0.2) is 5.69 Å². The maximum absolute atomic E-state index is 11.7. The smallest absolute Gasteiger partial charge is 0.354 e. The highest BCUT2D eigenvalue weighted by Crippen LogP contribution is 2.31. The van der Waals surface area contributed by atoms with Gasteiger partial charge in [0.2, 0.25) is 0 Å². The van der Waals surface area contributed by atoms with Crippen molar-refractivity contribution in [2.75, 3.05) is 0 Å². The zero-order valence-corrected chi connectivity index (χ0v) is 13.8. The van der Waals surface area contributed by atoms with Gasteiger partial charge < -0.3 is 10.1 Å². The minimum absolute atomic E-state index is 0.0604. The molecule has 0 atom stereocenters. The summed E-state index contributed by atoms with van der Waals surface area (Å²) in [7, 11) is 0. The van der Waals surface area contributed by atoms with E-state index in [4.69, 9.17) is 11.6 Å². The van der Waals surface area contributed by atoms with Crippen molar-refractivity contribution in [3.8, 4) is 22.6 Å². The van der Waals surface area contributed by atoms with E-state index in [0.29, 0.717) is 22.1 Å². The fraction of sp³-hybridized carbons (Fsp3) is 0. The molecule has 0 aliphatic carbocycles. The van der Waals surface area contributed by atoms with Gasteiger partial charge in [-0.05, 0) is 22.9 Å². The molecule has 3 aromatic carbocycles. The van der Waals surface area contributed by atoms with Crippen molar-refractivity contribution in [3.05, 3.63) is 77.4 Å². The van der Waals surface area contributed by atoms with Crippen molar-refractivity contribution in [3.63, 3.8) is 0 Å². The number of hydrogen-bond acceptors (Lipinski definition) is 2. The van der Waals surface area contributed by atoms with Crippen LogP contribution in [0.25, 0.3) is 33.4 Å². The number of halogens is 1. The van der Waals surface area contributed by atoms with E-state index in [2.05, 4.69) is 9.97 Å². The van der Waals surface area contributed by atoms with Gasteiger partial charge in [-0.15, -0.1) is 0 Å². The first-order chi connectivity index (χ1) is 12.1. The molecule has 0 bridgehead atoms. The Hall–Kier alpha value is -3.11. The quantitative estimate of drug-likeness (QED) is 0.531. The number of hydrogen-bond donors (Lipinski definition) is 2. The number of imidazole rings is 1. The van der Waals surface area contributed by atoms with Gasteiger partial charge in [0.1, 0.15) is 11.5 Å². The summed E-state index contributed by atoms with van der Waals surface area (Å²) >= 11 is 5.92. The van der Waals surface area contributed by atoms with E-state index in [0.717, 1.165) is 16.3 Å². The van der Waals surface area contributed by atoms with Crippen molar-refractivity contribution in [2.24, 2.45) is 0 Å². The van der Waals surface area contributed by atoms with E-state index in [1.165, 1.54) is 0 Å². The lowest BCUT2D eigenvalue weighted by atomic mass is 10.0. The molecule has 0 fully saturated rings. The normalized spacial score (nSPS) is 10.9. The van der Waals surface area contributed by atoms with Crippen LogP contribution >= 0.6 is 11.6 Å². The van der Waals surface area contributed by atoms with Crippen molar-refractivity contribution < 1.29 is 9.90 Å². The van der Waals surface area contributed by atoms with Crippen LogP contribution in [0.3, 0.4) is 0 Å². The van der Waals surface area contributed by atoms with Crippen LogP contribution in [0, 0.1) is 0 Å². The highest BCUT2D eigenvalue weighted by Gasteiger charge is 2.19. The van der Waals surface area contributed by atoms with Crippen LogP contribution in [-0.4, -0.2) is 21.0 Å². The Morgan fingerprint density at radius 3 is 2.44 bits per heavy atom. The number of carboxylic acids is 1. The van der Waals surface area contributed by atoms with Gasteiger partial charge in [-0.25, -0.2) is 9.78 Å². The van der Waals surface area contributed by atoms with Crippen LogP contribution in [0.4, 0.5) is 0 Å². The van der Waals surface area contributed by atoms with Gasteiger partial charge >= 0.3 is 5.97 Å². The van der Waals surface area contributed by atoms with Gasteiger partial charge in [-0.2, -0.15) is 0 Å². The van der Waals surface area contributed by atoms with Crippen molar-refractivity contribution in [2.45, 2.75) is 0 Å². The Morgan fingerprint density at radius 2 is 1.68 bits per heavy atom. The predicted molar refractivity (Wildman–Crippen MR) is 98.9 cm³/mol. The fourth-order valence-electron chi connectivity index (χ4n) is 2.90. The number of aromatic carboxylic acids is 1. The summed E-state index contributed by atoms with van der Waals surface area (Å²) in [6.07, 6.45) is 0. The molecule has 0 amide bonds. The zero-order valence-electron chi connectivity index (χ0n) is 13.0. The Bertz CT molecular complexity index is 1080. The molecule has 4 nitrogen and oxygen atoms in total. The van der Waals surface area contributed by atoms with Gasteiger partial charge in [0.25, 0.3) is 0 Å². The Balaban J connectivity index is 1.93. The fourth-order valence-corrected chi connectivity index (χ4v) is 3.03. The van der Waals surface area contributed by atoms with Gasteiger partial charge in [-0.3, -0.25) is 0 Å². The number of aromatic nitrogens is 2. The van der Waals surface area contributed by atoms with E-state index < -0.39 is 5.97 Å². The summed E-state index contributed by atoms with van der Waals surface area (Å²) in [5.41, 5.74) is 2.02. The topological polar surface area (TPSA) is 66.0 Å². The molecule has 0 aliphatic rings. The second kappa shape index (κ2) is 6.07. The Kier molecular flexibility index (Phi) is 3.75. The molecular weight excluding hydrogens is 336 g/mol. The summed E-state index contributed by atoms with van der Waals surface area (Å²) in [6, 6.07) is 20.8. The third kappa shape index (κ3) is 2.77. The minimum Gasteiger partial charge on any atom is -0.477 e. The summed E-state index contributed by atoms with van der Waals surface area (Å²) in [4.78, 5) is 19.2. The second-order valence-electron chi connectivity index (χ2n) is 5.65. The van der Waals surface area contributed by atoms with Crippen LogP contribution in [-0.2, 0) is 0 Å². The molecule has 25 heavy (non-hydrogen) atoms. The summed E-state index contributed by atoms with van der Waals surface area (Å²) in [5, 5.41) is 12.2. The number of rotatable bonds is 3. The van der Waals surface area contributed by atoms with Crippen LogP contribution in [0.1, 0.15) is 10.5 Å². The second-order valence-corrected chi connectivity index (χ2v) is 6.08. The molecular formula is C20H13ClN2O2. The molecule has 0 spiro atoms. The Morgan fingerprint density at radius 1 is 0.960 bits per heavy atom. The number of aromatic amines is 1. The molecule has 0 aliphatic heterocycles. The molecule has 5 heteroatoms. The zero-order chi connectivity index (χ0) is 17.4. The maximum Gasteiger partial charge on any atom is 0.354 e. The summed E-state index contributed by atoms with van der Waals surface area (Å²) in [6.45, 7) is 0. The van der Waals surface area contributed by atoms with E-state index in [1.807, 2.05) is 42.5 Å². The molecule has 0 radical (unpaired) electrons. The van der Waals surface area contributed by atoms with Gasteiger partial charge in [-0.1, -0.05) is 66.2 Å². The Labute approximate surface area is 148 Å². The number of carbonyl (C=O) groups is 1. The molecule has 1 heterocycles. The average Bonchev–Trinajstić information content (AvgIpc) is 3.07. The van der Waals surface area contributed by atoms with Gasteiger partial charge in [0.05, 0.1) is 0 Å². The number of H-pyrrole nitrogens is 1. The lowest BCUT2D eigenvalue weighted by molar-refractivity contribution is 0.0692. The molecule has 0 unspecified atom stereocenters. The first-order valence-electron chi connectivity index (χ1n) is 7.71. The first-order valence-corrected chi connectivity index (χ1v) is 8.08. The number of carboxylic acid groups (broad SMARTS) is 1. The summed E-state index contributed by atoms with van der Waals surface area (Å²) in [5.74, 6) is -0.525. The highest BCUT2D eigenvalue weighted by molar-refractivity contribution is 6.30. The monoisotopic (exact) mass is 348 g/mol. The molecule has 2 N–H and O–H groups in total.